The first-order valence-corrected chi connectivity index (χ1v) is 14.8. The van der Waals surface area contributed by atoms with E-state index in [9.17, 15) is 14.7 Å². The van der Waals surface area contributed by atoms with E-state index in [4.69, 9.17) is 18.6 Å². The van der Waals surface area contributed by atoms with Gasteiger partial charge in [-0.1, -0.05) is 71.6 Å². The highest BCUT2D eigenvalue weighted by Crippen LogP contribution is 2.46. The smallest absolute Gasteiger partial charge is 0.296 e. The SMILES string of the molecule is COc1ccc(C2C(C(=O)c3cc4cccc(OC)c4o3)=C(O)C(=O)N2c2nnc(SCc3ccccc3)s2)cc1OC. The first-order valence-electron chi connectivity index (χ1n) is 13.0. The van der Waals surface area contributed by atoms with Crippen LogP contribution in [-0.2, 0) is 10.5 Å². The van der Waals surface area contributed by atoms with Gasteiger partial charge in [0.25, 0.3) is 5.91 Å². The molecule has 0 radical (unpaired) electrons. The number of benzene rings is 3. The Bertz CT molecular complexity index is 1870. The number of hydrogen-bond acceptors (Lipinski definition) is 11. The summed E-state index contributed by atoms with van der Waals surface area (Å²) in [6.45, 7) is 0. The van der Waals surface area contributed by atoms with Gasteiger partial charge in [0.1, 0.15) is 0 Å². The molecular formula is C31H25N3O7S2. The lowest BCUT2D eigenvalue weighted by Crippen LogP contribution is -2.31. The van der Waals surface area contributed by atoms with Crippen LogP contribution in [0.4, 0.5) is 5.13 Å². The molecule has 0 bridgehead atoms. The van der Waals surface area contributed by atoms with Crippen molar-refractivity contribution < 1.29 is 33.3 Å². The second kappa shape index (κ2) is 11.8. The van der Waals surface area contributed by atoms with Crippen LogP contribution in [0, 0.1) is 0 Å². The van der Waals surface area contributed by atoms with Gasteiger partial charge in [-0.15, -0.1) is 10.2 Å². The lowest BCUT2D eigenvalue weighted by Gasteiger charge is -2.24. The minimum absolute atomic E-state index is 0.0578. The molecule has 0 saturated carbocycles. The van der Waals surface area contributed by atoms with Crippen molar-refractivity contribution in [2.45, 2.75) is 16.1 Å². The van der Waals surface area contributed by atoms with Crippen LogP contribution in [0.2, 0.25) is 0 Å². The fraction of sp³-hybridized carbons (Fsp3) is 0.161. The molecule has 0 fully saturated rings. The Hall–Kier alpha value is -4.81. The number of carbonyl (C=O) groups excluding carboxylic acids is 2. The normalized spacial score (nSPS) is 14.9. The van der Waals surface area contributed by atoms with E-state index in [-0.39, 0.29) is 16.5 Å². The van der Waals surface area contributed by atoms with Gasteiger partial charge < -0.3 is 23.7 Å². The predicted molar refractivity (Wildman–Crippen MR) is 162 cm³/mol. The molecule has 0 spiro atoms. The molecular weight excluding hydrogens is 590 g/mol. The minimum Gasteiger partial charge on any atom is -0.503 e. The predicted octanol–water partition coefficient (Wildman–Crippen LogP) is 6.39. The number of rotatable bonds is 10. The zero-order valence-corrected chi connectivity index (χ0v) is 24.9. The number of ketones is 1. The van der Waals surface area contributed by atoms with E-state index in [2.05, 4.69) is 10.2 Å². The highest BCUT2D eigenvalue weighted by molar-refractivity contribution is 8.00. The molecule has 12 heteroatoms. The maximum atomic E-state index is 14.1. The number of furan rings is 1. The van der Waals surface area contributed by atoms with Crippen LogP contribution in [0.25, 0.3) is 11.0 Å². The van der Waals surface area contributed by atoms with Crippen molar-refractivity contribution in [2.75, 3.05) is 26.2 Å². The van der Waals surface area contributed by atoms with Crippen LogP contribution >= 0.6 is 23.1 Å². The first kappa shape index (κ1) is 28.3. The van der Waals surface area contributed by atoms with Crippen molar-refractivity contribution in [3.05, 3.63) is 101 Å². The quantitative estimate of drug-likeness (QED) is 0.107. The number of nitrogens with zero attached hydrogens (tertiary/aromatic N) is 3. The number of hydrogen-bond donors (Lipinski definition) is 1. The van der Waals surface area contributed by atoms with Gasteiger partial charge in [-0.3, -0.25) is 14.5 Å². The van der Waals surface area contributed by atoms with Gasteiger partial charge in [0.15, 0.2) is 38.7 Å². The van der Waals surface area contributed by atoms with Crippen molar-refractivity contribution in [1.82, 2.24) is 10.2 Å². The Kier molecular flexibility index (Phi) is 7.78. The highest BCUT2D eigenvalue weighted by Gasteiger charge is 2.47. The summed E-state index contributed by atoms with van der Waals surface area (Å²) in [4.78, 5) is 29.0. The van der Waals surface area contributed by atoms with Crippen LogP contribution in [0.15, 0.2) is 92.9 Å². The third-order valence-corrected chi connectivity index (χ3v) is 9.06. The Labute approximate surface area is 254 Å². The second-order valence-electron chi connectivity index (χ2n) is 9.40. The van der Waals surface area contributed by atoms with Crippen LogP contribution in [0.5, 0.6) is 17.2 Å². The molecule has 5 aromatic rings. The Balaban J connectivity index is 1.41. The maximum absolute atomic E-state index is 14.1. The first-order chi connectivity index (χ1) is 20.9. The monoisotopic (exact) mass is 615 g/mol. The van der Waals surface area contributed by atoms with E-state index in [1.54, 1.807) is 42.5 Å². The summed E-state index contributed by atoms with van der Waals surface area (Å²) in [6.07, 6.45) is 0. The number of Topliss-reactive ketones (excluding diaryl/α,β-unsaturated/α-hetero) is 1. The summed E-state index contributed by atoms with van der Waals surface area (Å²) in [6, 6.07) is 20.7. The van der Waals surface area contributed by atoms with Crippen molar-refractivity contribution in [1.29, 1.82) is 0 Å². The van der Waals surface area contributed by atoms with Crippen molar-refractivity contribution in [3.63, 3.8) is 0 Å². The molecule has 2 aromatic heterocycles. The van der Waals surface area contributed by atoms with Gasteiger partial charge in [-0.05, 0) is 35.4 Å². The number of para-hydroxylation sites is 1. The molecule has 1 unspecified atom stereocenters. The molecule has 1 aliphatic heterocycles. The molecule has 0 aliphatic carbocycles. The summed E-state index contributed by atoms with van der Waals surface area (Å²) in [7, 11) is 4.50. The number of aliphatic hydroxyl groups excluding tert-OH is 1. The zero-order chi connectivity index (χ0) is 30.1. The Morgan fingerprint density at radius 2 is 1.72 bits per heavy atom. The highest BCUT2D eigenvalue weighted by atomic mass is 32.2. The molecule has 1 amide bonds. The summed E-state index contributed by atoms with van der Waals surface area (Å²) >= 11 is 2.66. The van der Waals surface area contributed by atoms with Crippen molar-refractivity contribution in [3.8, 4) is 17.2 Å². The van der Waals surface area contributed by atoms with Gasteiger partial charge in [0, 0.05) is 11.1 Å². The molecule has 3 aromatic carbocycles. The zero-order valence-electron chi connectivity index (χ0n) is 23.3. The fourth-order valence-corrected chi connectivity index (χ4v) is 6.72. The Morgan fingerprint density at radius 1 is 0.953 bits per heavy atom. The summed E-state index contributed by atoms with van der Waals surface area (Å²) in [5.74, 6) is -0.250. The molecule has 0 saturated heterocycles. The number of carbonyl (C=O) groups is 2. The van der Waals surface area contributed by atoms with Crippen LogP contribution in [0.3, 0.4) is 0 Å². The molecule has 43 heavy (non-hydrogen) atoms. The summed E-state index contributed by atoms with van der Waals surface area (Å²) in [5.41, 5.74) is 1.81. The summed E-state index contributed by atoms with van der Waals surface area (Å²) in [5, 5.41) is 20.6. The number of thioether (sulfide) groups is 1. The lowest BCUT2D eigenvalue weighted by molar-refractivity contribution is -0.117. The largest absolute Gasteiger partial charge is 0.503 e. The number of ether oxygens (including phenoxy) is 3. The molecule has 1 atom stereocenters. The third kappa shape index (κ3) is 5.19. The number of methoxy groups -OCH3 is 3. The molecule has 6 rings (SSSR count). The van der Waals surface area contributed by atoms with E-state index >= 15 is 0 Å². The molecule has 3 heterocycles. The van der Waals surface area contributed by atoms with E-state index in [1.807, 2.05) is 30.3 Å². The van der Waals surface area contributed by atoms with Gasteiger partial charge >= 0.3 is 0 Å². The number of amides is 1. The van der Waals surface area contributed by atoms with Crippen molar-refractivity contribution in [2.24, 2.45) is 0 Å². The minimum atomic E-state index is -1.06. The topological polar surface area (TPSA) is 124 Å². The third-order valence-electron chi connectivity index (χ3n) is 6.93. The van der Waals surface area contributed by atoms with Gasteiger partial charge in [-0.2, -0.15) is 0 Å². The number of aliphatic hydroxyl groups is 1. The number of aromatic nitrogens is 2. The van der Waals surface area contributed by atoms with E-state index in [0.717, 1.165) is 5.56 Å². The van der Waals surface area contributed by atoms with E-state index in [1.165, 1.54) is 49.3 Å². The van der Waals surface area contributed by atoms with Gasteiger partial charge in [0.2, 0.25) is 10.9 Å². The Morgan fingerprint density at radius 3 is 2.47 bits per heavy atom. The number of anilines is 1. The standard InChI is InChI=1S/C31H25N3O7S2/c1-38-20-13-12-18(14-22(20)40-3)25-24(26(35)23-15-19-10-7-11-21(39-2)28(19)41-23)27(36)29(37)34(25)30-32-33-31(43-30)42-16-17-8-5-4-6-9-17/h4-15,25,36H,16H2,1-3H3. The van der Waals surface area contributed by atoms with Crippen LogP contribution < -0.4 is 19.1 Å². The van der Waals surface area contributed by atoms with Gasteiger partial charge in [-0.25, -0.2) is 0 Å². The maximum Gasteiger partial charge on any atom is 0.296 e. The second-order valence-corrected chi connectivity index (χ2v) is 11.6. The van der Waals surface area contributed by atoms with E-state index in [0.29, 0.717) is 43.9 Å². The summed E-state index contributed by atoms with van der Waals surface area (Å²) < 4.78 is 22.8. The average molecular weight is 616 g/mol. The van der Waals surface area contributed by atoms with E-state index < -0.39 is 23.5 Å². The molecule has 1 aliphatic rings. The average Bonchev–Trinajstić information content (AvgIpc) is 3.76. The molecule has 10 nitrogen and oxygen atoms in total. The van der Waals surface area contributed by atoms with Gasteiger partial charge in [0.05, 0.1) is 32.9 Å². The molecule has 1 N–H and O–H groups in total. The number of fused-ring (bicyclic) bond motifs is 1. The van der Waals surface area contributed by atoms with Crippen LogP contribution in [0.1, 0.15) is 27.7 Å². The van der Waals surface area contributed by atoms with Crippen molar-refractivity contribution >= 4 is 50.9 Å². The lowest BCUT2D eigenvalue weighted by atomic mass is 9.95. The fourth-order valence-electron chi connectivity index (χ4n) is 4.89. The van der Waals surface area contributed by atoms with Crippen LogP contribution in [-0.4, -0.2) is 48.3 Å². The molecule has 218 valence electrons.